The normalized spacial score (nSPS) is 11.9. The van der Waals surface area contributed by atoms with Crippen molar-refractivity contribution in [3.8, 4) is 11.3 Å². The van der Waals surface area contributed by atoms with Crippen LogP contribution in [0.4, 0.5) is 5.88 Å². The lowest BCUT2D eigenvalue weighted by Crippen LogP contribution is -2.13. The van der Waals surface area contributed by atoms with E-state index in [0.29, 0.717) is 10.6 Å². The van der Waals surface area contributed by atoms with Crippen molar-refractivity contribution in [3.63, 3.8) is 0 Å². The SMILES string of the molecule is CC(C)S(=O)(=O)c1ccc(-c2cc(N)on2)cc1. The van der Waals surface area contributed by atoms with Crippen LogP contribution in [0.1, 0.15) is 13.8 Å². The van der Waals surface area contributed by atoms with Crippen LogP contribution in [0.25, 0.3) is 11.3 Å². The van der Waals surface area contributed by atoms with Gasteiger partial charge in [-0.15, -0.1) is 0 Å². The highest BCUT2D eigenvalue weighted by Crippen LogP contribution is 2.23. The molecule has 0 saturated carbocycles. The van der Waals surface area contributed by atoms with Gasteiger partial charge in [-0.3, -0.25) is 0 Å². The first kappa shape index (κ1) is 12.6. The molecule has 2 N–H and O–H groups in total. The zero-order valence-corrected chi connectivity index (χ0v) is 10.9. The molecule has 5 nitrogen and oxygen atoms in total. The van der Waals surface area contributed by atoms with Crippen molar-refractivity contribution in [1.82, 2.24) is 5.16 Å². The van der Waals surface area contributed by atoms with Crippen molar-refractivity contribution in [1.29, 1.82) is 0 Å². The van der Waals surface area contributed by atoms with Crippen molar-refractivity contribution in [2.45, 2.75) is 24.0 Å². The average Bonchev–Trinajstić information content (AvgIpc) is 2.76. The summed E-state index contributed by atoms with van der Waals surface area (Å²) in [6.45, 7) is 3.31. The fourth-order valence-electron chi connectivity index (χ4n) is 1.51. The Morgan fingerprint density at radius 2 is 1.83 bits per heavy atom. The zero-order valence-electron chi connectivity index (χ0n) is 10.1. The molecule has 96 valence electrons. The van der Waals surface area contributed by atoms with Crippen LogP contribution in [0, 0.1) is 0 Å². The Hall–Kier alpha value is -1.82. The maximum absolute atomic E-state index is 11.9. The van der Waals surface area contributed by atoms with Crippen LogP contribution in [0.2, 0.25) is 0 Å². The van der Waals surface area contributed by atoms with Gasteiger partial charge in [0.05, 0.1) is 10.1 Å². The molecule has 0 amide bonds. The highest BCUT2D eigenvalue weighted by atomic mass is 32.2. The molecule has 18 heavy (non-hydrogen) atoms. The van der Waals surface area contributed by atoms with Gasteiger partial charge in [-0.25, -0.2) is 8.42 Å². The molecule has 0 bridgehead atoms. The molecular weight excluding hydrogens is 252 g/mol. The topological polar surface area (TPSA) is 86.2 Å². The number of rotatable bonds is 3. The van der Waals surface area contributed by atoms with Crippen LogP contribution in [0.3, 0.4) is 0 Å². The van der Waals surface area contributed by atoms with Gasteiger partial charge in [0.1, 0.15) is 5.69 Å². The summed E-state index contributed by atoms with van der Waals surface area (Å²) in [5.41, 5.74) is 6.78. The summed E-state index contributed by atoms with van der Waals surface area (Å²) in [7, 11) is -3.24. The number of aromatic nitrogens is 1. The summed E-state index contributed by atoms with van der Waals surface area (Å²) >= 11 is 0. The van der Waals surface area contributed by atoms with E-state index in [-0.39, 0.29) is 5.88 Å². The van der Waals surface area contributed by atoms with E-state index in [9.17, 15) is 8.42 Å². The molecule has 0 aliphatic heterocycles. The molecule has 2 aromatic rings. The highest BCUT2D eigenvalue weighted by molar-refractivity contribution is 7.92. The van der Waals surface area contributed by atoms with E-state index in [1.165, 1.54) is 0 Å². The quantitative estimate of drug-likeness (QED) is 0.919. The lowest BCUT2D eigenvalue weighted by atomic mass is 10.1. The summed E-state index contributed by atoms with van der Waals surface area (Å²) in [6, 6.07) is 8.09. The molecule has 0 spiro atoms. The number of anilines is 1. The Morgan fingerprint density at radius 1 is 1.22 bits per heavy atom. The standard InChI is InChI=1S/C12H14N2O3S/c1-8(2)18(15,16)10-5-3-9(4-6-10)11-7-12(13)17-14-11/h3-8H,13H2,1-2H3. The number of sulfone groups is 1. The average molecular weight is 266 g/mol. The number of hydrogen-bond donors (Lipinski definition) is 1. The van der Waals surface area contributed by atoms with Gasteiger partial charge in [0.15, 0.2) is 9.84 Å². The molecule has 1 heterocycles. The first-order chi connectivity index (χ1) is 8.41. The minimum atomic E-state index is -3.24. The molecule has 1 aromatic heterocycles. The molecule has 0 aliphatic carbocycles. The van der Waals surface area contributed by atoms with E-state index < -0.39 is 15.1 Å². The van der Waals surface area contributed by atoms with Gasteiger partial charge in [0, 0.05) is 11.6 Å². The monoisotopic (exact) mass is 266 g/mol. The minimum absolute atomic E-state index is 0.226. The van der Waals surface area contributed by atoms with Crippen molar-refractivity contribution in [2.24, 2.45) is 0 Å². The van der Waals surface area contributed by atoms with E-state index in [1.54, 1.807) is 44.2 Å². The number of nitrogen functional groups attached to an aromatic ring is 1. The smallest absolute Gasteiger partial charge is 0.222 e. The Bertz CT molecular complexity index is 642. The van der Waals surface area contributed by atoms with Crippen molar-refractivity contribution in [2.75, 3.05) is 5.73 Å². The number of nitrogens with zero attached hydrogens (tertiary/aromatic N) is 1. The summed E-state index contributed by atoms with van der Waals surface area (Å²) in [5, 5.41) is 3.32. The maximum atomic E-state index is 11.9. The molecule has 0 saturated heterocycles. The first-order valence-electron chi connectivity index (χ1n) is 5.48. The van der Waals surface area contributed by atoms with Crippen LogP contribution in [0.5, 0.6) is 0 Å². The Morgan fingerprint density at radius 3 is 2.28 bits per heavy atom. The van der Waals surface area contributed by atoms with Gasteiger partial charge in [-0.2, -0.15) is 0 Å². The van der Waals surface area contributed by atoms with Gasteiger partial charge in [-0.1, -0.05) is 17.3 Å². The first-order valence-corrected chi connectivity index (χ1v) is 7.02. The second-order valence-electron chi connectivity index (χ2n) is 4.23. The fraction of sp³-hybridized carbons (Fsp3) is 0.250. The van der Waals surface area contributed by atoms with Gasteiger partial charge >= 0.3 is 0 Å². The molecule has 0 aliphatic rings. The van der Waals surface area contributed by atoms with E-state index in [1.807, 2.05) is 0 Å². The predicted molar refractivity (Wildman–Crippen MR) is 68.7 cm³/mol. The van der Waals surface area contributed by atoms with Crippen LogP contribution in [-0.2, 0) is 9.84 Å². The van der Waals surface area contributed by atoms with Gasteiger partial charge < -0.3 is 10.3 Å². The molecule has 2 rings (SSSR count). The maximum Gasteiger partial charge on any atom is 0.222 e. The van der Waals surface area contributed by atoms with Crippen molar-refractivity contribution in [3.05, 3.63) is 30.3 Å². The van der Waals surface area contributed by atoms with Crippen LogP contribution in [0.15, 0.2) is 39.8 Å². The minimum Gasteiger partial charge on any atom is -0.368 e. The van der Waals surface area contributed by atoms with Gasteiger partial charge in [0.25, 0.3) is 0 Å². The Kier molecular flexibility index (Phi) is 3.13. The highest BCUT2D eigenvalue weighted by Gasteiger charge is 2.18. The van der Waals surface area contributed by atoms with Crippen molar-refractivity contribution < 1.29 is 12.9 Å². The Balaban J connectivity index is 2.37. The molecule has 0 atom stereocenters. The fourth-order valence-corrected chi connectivity index (χ4v) is 2.57. The lowest BCUT2D eigenvalue weighted by molar-refractivity contribution is 0.439. The molecule has 0 unspecified atom stereocenters. The van der Waals surface area contributed by atoms with Crippen LogP contribution >= 0.6 is 0 Å². The van der Waals surface area contributed by atoms with E-state index >= 15 is 0 Å². The lowest BCUT2D eigenvalue weighted by Gasteiger charge is -2.07. The van der Waals surface area contributed by atoms with Gasteiger partial charge in [-0.05, 0) is 26.0 Å². The summed E-state index contributed by atoms with van der Waals surface area (Å²) in [4.78, 5) is 0.303. The number of nitrogens with two attached hydrogens (primary N) is 1. The third-order valence-electron chi connectivity index (χ3n) is 2.63. The largest absolute Gasteiger partial charge is 0.368 e. The molecule has 0 fully saturated rings. The molecular formula is C12H14N2O3S. The zero-order chi connectivity index (χ0) is 13.3. The summed E-state index contributed by atoms with van der Waals surface area (Å²) in [5.74, 6) is 0.226. The molecule has 0 radical (unpaired) electrons. The molecule has 6 heteroatoms. The second-order valence-corrected chi connectivity index (χ2v) is 6.74. The van der Waals surface area contributed by atoms with E-state index in [2.05, 4.69) is 5.16 Å². The van der Waals surface area contributed by atoms with E-state index in [0.717, 1.165) is 5.56 Å². The second kappa shape index (κ2) is 4.45. The predicted octanol–water partition coefficient (Wildman–Crippen LogP) is 2.11. The van der Waals surface area contributed by atoms with E-state index in [4.69, 9.17) is 10.3 Å². The summed E-state index contributed by atoms with van der Waals surface area (Å²) < 4.78 is 28.6. The van der Waals surface area contributed by atoms with Gasteiger partial charge in [0.2, 0.25) is 5.88 Å². The molecule has 1 aromatic carbocycles. The van der Waals surface area contributed by atoms with Crippen LogP contribution < -0.4 is 5.73 Å². The number of benzene rings is 1. The third kappa shape index (κ3) is 2.24. The van der Waals surface area contributed by atoms with Crippen LogP contribution in [-0.4, -0.2) is 18.8 Å². The summed E-state index contributed by atoms with van der Waals surface area (Å²) in [6.07, 6.45) is 0. The Labute approximate surface area is 106 Å². The number of hydrogen-bond acceptors (Lipinski definition) is 5. The van der Waals surface area contributed by atoms with Crippen molar-refractivity contribution >= 4 is 15.7 Å². The third-order valence-corrected chi connectivity index (χ3v) is 4.80.